The Bertz CT molecular complexity index is 1170. The van der Waals surface area contributed by atoms with Crippen molar-refractivity contribution in [1.29, 1.82) is 0 Å². The van der Waals surface area contributed by atoms with Gasteiger partial charge in [-0.05, 0) is 54.2 Å². The van der Waals surface area contributed by atoms with Gasteiger partial charge < -0.3 is 21.7 Å². The highest BCUT2D eigenvalue weighted by Gasteiger charge is 2.13. The molecule has 0 bridgehead atoms. The Hall–Kier alpha value is -3.49. The minimum absolute atomic E-state index is 0.159. The third-order valence-electron chi connectivity index (χ3n) is 4.26. The zero-order chi connectivity index (χ0) is 22.5. The van der Waals surface area contributed by atoms with E-state index in [0.29, 0.717) is 32.8 Å². The van der Waals surface area contributed by atoms with Crippen LogP contribution >= 0.6 is 23.8 Å². The molecule has 0 unspecified atom stereocenters. The summed E-state index contributed by atoms with van der Waals surface area (Å²) < 4.78 is 14.5. The largest absolute Gasteiger partial charge is 0.366 e. The van der Waals surface area contributed by atoms with Gasteiger partial charge in [-0.3, -0.25) is 9.59 Å². The first kappa shape index (κ1) is 22.2. The molecule has 6 nitrogen and oxygen atoms in total. The zero-order valence-electron chi connectivity index (χ0n) is 16.3. The zero-order valence-corrected chi connectivity index (χ0v) is 17.9. The van der Waals surface area contributed by atoms with Gasteiger partial charge in [-0.15, -0.1) is 0 Å². The lowest BCUT2D eigenvalue weighted by atomic mass is 10.0. The number of carbonyl (C=O) groups excluding carboxylic acids is 2. The van der Waals surface area contributed by atoms with Crippen LogP contribution in [-0.2, 0) is 4.79 Å². The minimum atomic E-state index is -0.820. The number of benzene rings is 3. The smallest absolute Gasteiger partial charge is 0.251 e. The first-order valence-corrected chi connectivity index (χ1v) is 9.87. The van der Waals surface area contributed by atoms with Crippen LogP contribution < -0.4 is 21.7 Å². The van der Waals surface area contributed by atoms with Crippen LogP contribution in [-0.4, -0.2) is 16.9 Å². The summed E-state index contributed by atoms with van der Waals surface area (Å²) in [5, 5.41) is 9.33. The summed E-state index contributed by atoms with van der Waals surface area (Å²) in [5.74, 6) is -1.70. The van der Waals surface area contributed by atoms with Crippen LogP contribution in [0.25, 0.3) is 11.1 Å². The van der Waals surface area contributed by atoms with E-state index in [9.17, 15) is 14.0 Å². The molecule has 0 aliphatic heterocycles. The molecule has 0 fully saturated rings. The highest BCUT2D eigenvalue weighted by molar-refractivity contribution is 7.80. The lowest BCUT2D eigenvalue weighted by molar-refractivity contribution is -0.114. The molecule has 0 radical (unpaired) electrons. The van der Waals surface area contributed by atoms with Gasteiger partial charge in [0.15, 0.2) is 5.11 Å². The standard InChI is InChI=1S/C22H18ClFN4O2S/c1-12(29)26-19-10-9-15(11-18(19)23)28-22(31)27-14-7-5-13(6-8-14)16-3-2-4-17(20(16)24)21(25)30/h2-11H,1H3,(H2,25,30)(H,26,29)(H2,27,28,31). The Labute approximate surface area is 188 Å². The number of thiocarbonyl (C=S) groups is 1. The van der Waals surface area contributed by atoms with Crippen LogP contribution in [0.4, 0.5) is 21.5 Å². The van der Waals surface area contributed by atoms with E-state index >= 15 is 0 Å². The van der Waals surface area contributed by atoms with Crippen LogP contribution in [0, 0.1) is 5.82 Å². The van der Waals surface area contributed by atoms with E-state index in [1.807, 2.05) is 0 Å². The summed E-state index contributed by atoms with van der Waals surface area (Å²) in [6, 6.07) is 16.4. The van der Waals surface area contributed by atoms with Gasteiger partial charge in [0.2, 0.25) is 5.91 Å². The van der Waals surface area contributed by atoms with Crippen molar-refractivity contribution in [2.24, 2.45) is 5.73 Å². The van der Waals surface area contributed by atoms with E-state index in [2.05, 4.69) is 16.0 Å². The predicted octanol–water partition coefficient (Wildman–Crippen LogP) is 5.01. The van der Waals surface area contributed by atoms with Crippen LogP contribution in [0.15, 0.2) is 60.7 Å². The topological polar surface area (TPSA) is 96.2 Å². The maximum absolute atomic E-state index is 14.5. The van der Waals surface area contributed by atoms with E-state index in [1.165, 1.54) is 13.0 Å². The molecule has 0 saturated heterocycles. The van der Waals surface area contributed by atoms with Gasteiger partial charge >= 0.3 is 0 Å². The van der Waals surface area contributed by atoms with Crippen molar-refractivity contribution in [2.45, 2.75) is 6.92 Å². The van der Waals surface area contributed by atoms with Crippen molar-refractivity contribution >= 4 is 57.8 Å². The van der Waals surface area contributed by atoms with Crippen molar-refractivity contribution in [2.75, 3.05) is 16.0 Å². The predicted molar refractivity (Wildman–Crippen MR) is 126 cm³/mol. The molecule has 9 heteroatoms. The highest BCUT2D eigenvalue weighted by atomic mass is 35.5. The van der Waals surface area contributed by atoms with Crippen molar-refractivity contribution in [3.05, 3.63) is 77.1 Å². The second kappa shape index (κ2) is 9.55. The molecule has 0 saturated carbocycles. The molecule has 0 spiro atoms. The Morgan fingerprint density at radius 1 is 0.968 bits per heavy atom. The van der Waals surface area contributed by atoms with E-state index in [0.717, 1.165) is 0 Å². The van der Waals surface area contributed by atoms with Crippen LogP contribution in [0.5, 0.6) is 0 Å². The summed E-state index contributed by atoms with van der Waals surface area (Å²) in [7, 11) is 0. The molecule has 0 aliphatic carbocycles. The Morgan fingerprint density at radius 3 is 2.23 bits per heavy atom. The van der Waals surface area contributed by atoms with Gasteiger partial charge in [0, 0.05) is 23.9 Å². The Balaban J connectivity index is 1.68. The fourth-order valence-electron chi connectivity index (χ4n) is 2.86. The molecule has 0 atom stereocenters. The minimum Gasteiger partial charge on any atom is -0.366 e. The number of nitrogens with two attached hydrogens (primary N) is 1. The summed E-state index contributed by atoms with van der Waals surface area (Å²) in [6.07, 6.45) is 0. The first-order chi connectivity index (χ1) is 14.7. The maximum atomic E-state index is 14.5. The lowest BCUT2D eigenvalue weighted by Gasteiger charge is -2.13. The fraction of sp³-hybridized carbons (Fsp3) is 0.0455. The molecule has 0 heterocycles. The maximum Gasteiger partial charge on any atom is 0.251 e. The van der Waals surface area contributed by atoms with Crippen LogP contribution in [0.3, 0.4) is 0 Å². The van der Waals surface area contributed by atoms with Crippen LogP contribution in [0.2, 0.25) is 5.02 Å². The monoisotopic (exact) mass is 456 g/mol. The molecular formula is C22H18ClFN4O2S. The fourth-order valence-corrected chi connectivity index (χ4v) is 3.32. The molecule has 0 aromatic heterocycles. The third-order valence-corrected chi connectivity index (χ3v) is 4.77. The number of hydrogen-bond donors (Lipinski definition) is 4. The summed E-state index contributed by atoms with van der Waals surface area (Å²) in [4.78, 5) is 22.5. The molecule has 31 heavy (non-hydrogen) atoms. The number of primary amides is 1. The van der Waals surface area contributed by atoms with Crippen LogP contribution in [0.1, 0.15) is 17.3 Å². The van der Waals surface area contributed by atoms with Crippen molar-refractivity contribution < 1.29 is 14.0 Å². The van der Waals surface area contributed by atoms with E-state index in [4.69, 9.17) is 29.6 Å². The Morgan fingerprint density at radius 2 is 1.61 bits per heavy atom. The van der Waals surface area contributed by atoms with Crippen molar-refractivity contribution in [1.82, 2.24) is 0 Å². The second-order valence-corrected chi connectivity index (χ2v) is 7.38. The number of carbonyl (C=O) groups is 2. The van der Waals surface area contributed by atoms with Gasteiger partial charge in [-0.2, -0.15) is 0 Å². The van der Waals surface area contributed by atoms with E-state index < -0.39 is 11.7 Å². The van der Waals surface area contributed by atoms with E-state index in [1.54, 1.807) is 54.6 Å². The van der Waals surface area contributed by atoms with Gasteiger partial charge in [-0.25, -0.2) is 4.39 Å². The molecule has 3 aromatic rings. The molecule has 2 amide bonds. The molecule has 0 aliphatic rings. The third kappa shape index (κ3) is 5.56. The average molecular weight is 457 g/mol. The van der Waals surface area contributed by atoms with Crippen molar-refractivity contribution in [3.8, 4) is 11.1 Å². The molecular weight excluding hydrogens is 439 g/mol. The number of rotatable bonds is 5. The molecule has 158 valence electrons. The second-order valence-electron chi connectivity index (χ2n) is 6.56. The summed E-state index contributed by atoms with van der Waals surface area (Å²) in [5.41, 5.74) is 7.72. The van der Waals surface area contributed by atoms with Gasteiger partial charge in [0.05, 0.1) is 16.3 Å². The first-order valence-electron chi connectivity index (χ1n) is 9.08. The molecule has 3 rings (SSSR count). The number of nitrogens with one attached hydrogen (secondary N) is 3. The number of hydrogen-bond acceptors (Lipinski definition) is 3. The Kier molecular flexibility index (Phi) is 6.84. The summed E-state index contributed by atoms with van der Waals surface area (Å²) in [6.45, 7) is 1.40. The summed E-state index contributed by atoms with van der Waals surface area (Å²) >= 11 is 11.5. The van der Waals surface area contributed by atoms with Crippen molar-refractivity contribution in [3.63, 3.8) is 0 Å². The van der Waals surface area contributed by atoms with E-state index in [-0.39, 0.29) is 17.0 Å². The van der Waals surface area contributed by atoms with Gasteiger partial charge in [-0.1, -0.05) is 35.9 Å². The SMILES string of the molecule is CC(=O)Nc1ccc(NC(=S)Nc2ccc(-c3cccc(C(N)=O)c3F)cc2)cc1Cl. The van der Waals surface area contributed by atoms with Gasteiger partial charge in [0.1, 0.15) is 5.82 Å². The normalized spacial score (nSPS) is 10.3. The molecule has 3 aromatic carbocycles. The number of halogens is 2. The van der Waals surface area contributed by atoms with Gasteiger partial charge in [0.25, 0.3) is 5.91 Å². The molecule has 5 N–H and O–H groups in total. The highest BCUT2D eigenvalue weighted by Crippen LogP contribution is 2.27. The average Bonchev–Trinajstić information content (AvgIpc) is 2.70. The quantitative estimate of drug-likeness (QED) is 0.404. The number of anilines is 3. The lowest BCUT2D eigenvalue weighted by Crippen LogP contribution is -2.19. The number of amides is 2.